The molecule has 0 spiro atoms. The van der Waals surface area contributed by atoms with Crippen molar-refractivity contribution in [2.75, 3.05) is 6.61 Å². The highest BCUT2D eigenvalue weighted by Crippen LogP contribution is 2.22. The molecule has 0 aliphatic carbocycles. The summed E-state index contributed by atoms with van der Waals surface area (Å²) in [5.41, 5.74) is 0.741. The smallest absolute Gasteiger partial charge is 0.340 e. The third-order valence-corrected chi connectivity index (χ3v) is 3.89. The van der Waals surface area contributed by atoms with E-state index in [0.717, 1.165) is 17.7 Å². The number of benzene rings is 2. The minimum absolute atomic E-state index is 0.00924. The van der Waals surface area contributed by atoms with Gasteiger partial charge in [-0.15, -0.1) is 0 Å². The molecular weight excluding hydrogens is 356 g/mol. The van der Waals surface area contributed by atoms with Crippen LogP contribution in [0.3, 0.4) is 0 Å². The first-order valence-corrected chi connectivity index (χ1v) is 7.80. The molecule has 0 fully saturated rings. The summed E-state index contributed by atoms with van der Waals surface area (Å²) in [6.07, 6.45) is 0. The third-order valence-electron chi connectivity index (χ3n) is 3.23. The third kappa shape index (κ3) is 4.69. The van der Waals surface area contributed by atoms with E-state index in [-0.39, 0.29) is 16.6 Å². The molecule has 1 amide bonds. The van der Waals surface area contributed by atoms with Crippen molar-refractivity contribution in [2.24, 2.45) is 0 Å². The van der Waals surface area contributed by atoms with Crippen LogP contribution in [0.1, 0.15) is 28.9 Å². The van der Waals surface area contributed by atoms with Crippen LogP contribution in [-0.2, 0) is 9.53 Å². The molecule has 4 nitrogen and oxygen atoms in total. The molecule has 24 heavy (non-hydrogen) atoms. The summed E-state index contributed by atoms with van der Waals surface area (Å²) in [5.74, 6) is -1.86. The Bertz CT molecular complexity index is 767. The molecule has 1 atom stereocenters. The summed E-state index contributed by atoms with van der Waals surface area (Å²) in [4.78, 5) is 23.7. The average Bonchev–Trinajstić information content (AvgIpc) is 2.53. The maximum Gasteiger partial charge on any atom is 0.340 e. The zero-order valence-electron chi connectivity index (χ0n) is 12.7. The molecule has 126 valence electrons. The van der Waals surface area contributed by atoms with Gasteiger partial charge in [-0.05, 0) is 36.8 Å². The van der Waals surface area contributed by atoms with E-state index < -0.39 is 24.3 Å². The van der Waals surface area contributed by atoms with Crippen LogP contribution in [0.5, 0.6) is 0 Å². The summed E-state index contributed by atoms with van der Waals surface area (Å²) in [5, 5.41) is 3.12. The van der Waals surface area contributed by atoms with Crippen LogP contribution in [0.25, 0.3) is 0 Å². The Kier molecular flexibility index (Phi) is 6.17. The standard InChI is InChI=1S/C17H14Cl2FNO3/c1-10(12-4-2-3-5-14(12)18)21-16(22)9-24-17(23)13-7-6-11(20)8-15(13)19/h2-8,10H,9H2,1H3,(H,21,22)/t10-/m1/s1. The van der Waals surface area contributed by atoms with Crippen molar-refractivity contribution < 1.29 is 18.7 Å². The molecule has 0 heterocycles. The average molecular weight is 370 g/mol. The van der Waals surface area contributed by atoms with Crippen molar-refractivity contribution in [3.63, 3.8) is 0 Å². The Labute approximate surface area is 148 Å². The summed E-state index contributed by atoms with van der Waals surface area (Å²) in [6, 6.07) is 10.0. The highest BCUT2D eigenvalue weighted by atomic mass is 35.5. The number of hydrogen-bond donors (Lipinski definition) is 1. The number of amides is 1. The van der Waals surface area contributed by atoms with Crippen molar-refractivity contribution in [3.05, 3.63) is 69.5 Å². The van der Waals surface area contributed by atoms with Gasteiger partial charge in [-0.25, -0.2) is 9.18 Å². The number of esters is 1. The lowest BCUT2D eigenvalue weighted by atomic mass is 10.1. The molecule has 2 aromatic rings. The molecule has 0 saturated heterocycles. The minimum atomic E-state index is -0.805. The van der Waals surface area contributed by atoms with Crippen molar-refractivity contribution in [1.29, 1.82) is 0 Å². The van der Waals surface area contributed by atoms with Gasteiger partial charge in [0, 0.05) is 5.02 Å². The van der Waals surface area contributed by atoms with Crippen LogP contribution in [0.4, 0.5) is 4.39 Å². The molecule has 0 aliphatic heterocycles. The Morgan fingerprint density at radius 3 is 2.54 bits per heavy atom. The zero-order chi connectivity index (χ0) is 17.7. The Morgan fingerprint density at radius 1 is 1.17 bits per heavy atom. The van der Waals surface area contributed by atoms with Crippen molar-refractivity contribution in [3.8, 4) is 0 Å². The molecule has 0 saturated carbocycles. The van der Waals surface area contributed by atoms with Crippen LogP contribution in [0.2, 0.25) is 10.0 Å². The van der Waals surface area contributed by atoms with E-state index in [1.54, 1.807) is 31.2 Å². The van der Waals surface area contributed by atoms with E-state index in [1.165, 1.54) is 6.07 Å². The van der Waals surface area contributed by atoms with E-state index in [9.17, 15) is 14.0 Å². The molecule has 0 unspecified atom stereocenters. The number of hydrogen-bond acceptors (Lipinski definition) is 3. The van der Waals surface area contributed by atoms with Crippen LogP contribution in [0, 0.1) is 5.82 Å². The minimum Gasteiger partial charge on any atom is -0.452 e. The monoisotopic (exact) mass is 369 g/mol. The highest BCUT2D eigenvalue weighted by molar-refractivity contribution is 6.33. The summed E-state index contributed by atoms with van der Waals surface area (Å²) < 4.78 is 17.8. The van der Waals surface area contributed by atoms with Crippen LogP contribution >= 0.6 is 23.2 Å². The van der Waals surface area contributed by atoms with Gasteiger partial charge >= 0.3 is 5.97 Å². The zero-order valence-corrected chi connectivity index (χ0v) is 14.2. The number of nitrogens with one attached hydrogen (secondary N) is 1. The largest absolute Gasteiger partial charge is 0.452 e. The first kappa shape index (κ1) is 18.2. The van der Waals surface area contributed by atoms with Crippen LogP contribution in [-0.4, -0.2) is 18.5 Å². The van der Waals surface area contributed by atoms with E-state index in [0.29, 0.717) is 5.02 Å². The van der Waals surface area contributed by atoms with Gasteiger partial charge in [0.1, 0.15) is 5.82 Å². The summed E-state index contributed by atoms with van der Waals surface area (Å²) >= 11 is 11.8. The molecular formula is C17H14Cl2FNO3. The number of carbonyl (C=O) groups excluding carboxylic acids is 2. The van der Waals surface area contributed by atoms with Gasteiger partial charge in [-0.3, -0.25) is 4.79 Å². The SMILES string of the molecule is C[C@@H](NC(=O)COC(=O)c1ccc(F)cc1Cl)c1ccccc1Cl. The van der Waals surface area contributed by atoms with Gasteiger partial charge < -0.3 is 10.1 Å². The van der Waals surface area contributed by atoms with Gasteiger partial charge in [0.15, 0.2) is 6.61 Å². The van der Waals surface area contributed by atoms with E-state index in [4.69, 9.17) is 27.9 Å². The van der Waals surface area contributed by atoms with Crippen molar-refractivity contribution in [2.45, 2.75) is 13.0 Å². The van der Waals surface area contributed by atoms with Crippen LogP contribution < -0.4 is 5.32 Å². The summed E-state index contributed by atoms with van der Waals surface area (Å²) in [7, 11) is 0. The van der Waals surface area contributed by atoms with Crippen molar-refractivity contribution in [1.82, 2.24) is 5.32 Å². The Morgan fingerprint density at radius 2 is 1.88 bits per heavy atom. The number of halogens is 3. The molecule has 1 N–H and O–H groups in total. The Balaban J connectivity index is 1.91. The predicted octanol–water partition coefficient (Wildman–Crippen LogP) is 4.17. The first-order valence-electron chi connectivity index (χ1n) is 7.04. The molecule has 0 radical (unpaired) electrons. The molecule has 2 aromatic carbocycles. The quantitative estimate of drug-likeness (QED) is 0.804. The van der Waals surface area contributed by atoms with Crippen LogP contribution in [0.15, 0.2) is 42.5 Å². The topological polar surface area (TPSA) is 55.4 Å². The number of rotatable bonds is 5. The Hall–Kier alpha value is -2.11. The molecule has 0 bridgehead atoms. The molecule has 7 heteroatoms. The van der Waals surface area contributed by atoms with Gasteiger partial charge in [0.2, 0.25) is 0 Å². The fourth-order valence-corrected chi connectivity index (χ4v) is 2.59. The highest BCUT2D eigenvalue weighted by Gasteiger charge is 2.16. The van der Waals surface area contributed by atoms with Gasteiger partial charge in [-0.1, -0.05) is 41.4 Å². The summed E-state index contributed by atoms with van der Waals surface area (Å²) in [6.45, 7) is 1.28. The van der Waals surface area contributed by atoms with E-state index >= 15 is 0 Å². The van der Waals surface area contributed by atoms with Gasteiger partial charge in [0.25, 0.3) is 5.91 Å². The molecule has 0 aromatic heterocycles. The fraction of sp³-hybridized carbons (Fsp3) is 0.176. The lowest BCUT2D eigenvalue weighted by Gasteiger charge is -2.15. The fourth-order valence-electron chi connectivity index (χ4n) is 2.05. The number of ether oxygens (including phenoxy) is 1. The second-order valence-electron chi connectivity index (χ2n) is 5.01. The lowest BCUT2D eigenvalue weighted by Crippen LogP contribution is -2.31. The van der Waals surface area contributed by atoms with Gasteiger partial charge in [0.05, 0.1) is 16.6 Å². The van der Waals surface area contributed by atoms with Crippen molar-refractivity contribution >= 4 is 35.1 Å². The first-order chi connectivity index (χ1) is 11.4. The van der Waals surface area contributed by atoms with E-state index in [2.05, 4.69) is 5.32 Å². The predicted molar refractivity (Wildman–Crippen MR) is 89.7 cm³/mol. The maximum absolute atomic E-state index is 13.0. The lowest BCUT2D eigenvalue weighted by molar-refractivity contribution is -0.124. The second kappa shape index (κ2) is 8.13. The van der Waals surface area contributed by atoms with Gasteiger partial charge in [-0.2, -0.15) is 0 Å². The normalized spacial score (nSPS) is 11.7. The second-order valence-corrected chi connectivity index (χ2v) is 5.83. The molecule has 2 rings (SSSR count). The van der Waals surface area contributed by atoms with E-state index in [1.807, 2.05) is 0 Å². The maximum atomic E-state index is 13.0. The number of carbonyl (C=O) groups is 2. The molecule has 0 aliphatic rings.